The van der Waals surface area contributed by atoms with Crippen LogP contribution in [0.5, 0.6) is 0 Å². The van der Waals surface area contributed by atoms with Crippen LogP contribution < -0.4 is 5.32 Å². The first kappa shape index (κ1) is 15.0. The van der Waals surface area contributed by atoms with E-state index in [9.17, 15) is 4.79 Å². The first-order valence-corrected chi connectivity index (χ1v) is 8.16. The average Bonchev–Trinajstić information content (AvgIpc) is 2.92. The first-order chi connectivity index (χ1) is 9.56. The van der Waals surface area contributed by atoms with Gasteiger partial charge in [0, 0.05) is 5.69 Å². The number of amides is 1. The SMILES string of the molecule is CC(Sc1nncs1)C(=O)Nc1ccc(C(C)C)cc1. The number of thioether (sulfide) groups is 1. The van der Waals surface area contributed by atoms with Crippen molar-refractivity contribution in [2.24, 2.45) is 0 Å². The maximum atomic E-state index is 12.1. The van der Waals surface area contributed by atoms with Crippen molar-refractivity contribution in [1.82, 2.24) is 10.2 Å². The zero-order valence-electron chi connectivity index (χ0n) is 11.7. The summed E-state index contributed by atoms with van der Waals surface area (Å²) in [6.07, 6.45) is 0. The Morgan fingerprint density at radius 1 is 1.25 bits per heavy atom. The van der Waals surface area contributed by atoms with Gasteiger partial charge < -0.3 is 5.32 Å². The van der Waals surface area contributed by atoms with Crippen LogP contribution in [-0.2, 0) is 4.79 Å². The normalized spacial score (nSPS) is 12.4. The molecule has 106 valence electrons. The molecule has 0 aliphatic carbocycles. The summed E-state index contributed by atoms with van der Waals surface area (Å²) >= 11 is 2.86. The number of hydrogen-bond acceptors (Lipinski definition) is 5. The molecule has 0 bridgehead atoms. The van der Waals surface area contributed by atoms with Gasteiger partial charge in [0.1, 0.15) is 5.51 Å². The molecular formula is C14H17N3OS2. The Hall–Kier alpha value is -1.40. The van der Waals surface area contributed by atoms with Crippen molar-refractivity contribution in [3.8, 4) is 0 Å². The maximum Gasteiger partial charge on any atom is 0.237 e. The van der Waals surface area contributed by atoms with Gasteiger partial charge in [0.2, 0.25) is 5.91 Å². The van der Waals surface area contributed by atoms with E-state index in [1.165, 1.54) is 28.7 Å². The van der Waals surface area contributed by atoms with E-state index in [0.717, 1.165) is 10.0 Å². The molecule has 1 N–H and O–H groups in total. The fraction of sp³-hybridized carbons (Fsp3) is 0.357. The Balaban J connectivity index is 1.93. The van der Waals surface area contributed by atoms with Crippen molar-refractivity contribution in [1.29, 1.82) is 0 Å². The topological polar surface area (TPSA) is 54.9 Å². The zero-order valence-corrected chi connectivity index (χ0v) is 13.3. The number of anilines is 1. The average molecular weight is 307 g/mol. The van der Waals surface area contributed by atoms with Crippen LogP contribution in [0.4, 0.5) is 5.69 Å². The lowest BCUT2D eigenvalue weighted by Crippen LogP contribution is -2.22. The summed E-state index contributed by atoms with van der Waals surface area (Å²) in [5, 5.41) is 10.4. The van der Waals surface area contributed by atoms with Crippen LogP contribution in [0.15, 0.2) is 34.1 Å². The van der Waals surface area contributed by atoms with Gasteiger partial charge in [-0.25, -0.2) is 0 Å². The summed E-state index contributed by atoms with van der Waals surface area (Å²) in [7, 11) is 0. The molecular weight excluding hydrogens is 290 g/mol. The predicted octanol–water partition coefficient (Wildman–Crippen LogP) is 3.78. The molecule has 0 saturated heterocycles. The smallest absolute Gasteiger partial charge is 0.237 e. The standard InChI is InChI=1S/C14H17N3OS2/c1-9(2)11-4-6-12(7-5-11)16-13(18)10(3)20-14-17-15-8-19-14/h4-10H,1-3H3,(H,16,18). The summed E-state index contributed by atoms with van der Waals surface area (Å²) < 4.78 is 0.808. The van der Waals surface area contributed by atoms with Crippen molar-refractivity contribution < 1.29 is 4.79 Å². The van der Waals surface area contributed by atoms with E-state index in [1.807, 2.05) is 31.2 Å². The van der Waals surface area contributed by atoms with Crippen LogP contribution in [0.2, 0.25) is 0 Å². The predicted molar refractivity (Wildman–Crippen MR) is 84.4 cm³/mol. The Bertz CT molecular complexity index is 552. The molecule has 1 aromatic carbocycles. The number of rotatable bonds is 5. The molecule has 0 spiro atoms. The molecule has 1 heterocycles. The van der Waals surface area contributed by atoms with E-state index in [2.05, 4.69) is 29.4 Å². The summed E-state index contributed by atoms with van der Waals surface area (Å²) in [6, 6.07) is 7.97. The molecule has 0 aliphatic rings. The number of benzene rings is 1. The van der Waals surface area contributed by atoms with Gasteiger partial charge in [0.05, 0.1) is 5.25 Å². The molecule has 1 unspecified atom stereocenters. The number of hydrogen-bond donors (Lipinski definition) is 1. The Labute approximate surface area is 127 Å². The molecule has 1 amide bonds. The quantitative estimate of drug-likeness (QED) is 0.854. The Morgan fingerprint density at radius 3 is 2.50 bits per heavy atom. The summed E-state index contributed by atoms with van der Waals surface area (Å²) in [5.74, 6) is 0.467. The first-order valence-electron chi connectivity index (χ1n) is 6.40. The van der Waals surface area contributed by atoms with E-state index in [0.29, 0.717) is 5.92 Å². The second kappa shape index (κ2) is 6.85. The van der Waals surface area contributed by atoms with Crippen LogP contribution in [-0.4, -0.2) is 21.4 Å². The van der Waals surface area contributed by atoms with Gasteiger partial charge in [-0.1, -0.05) is 49.1 Å². The Morgan fingerprint density at radius 2 is 1.95 bits per heavy atom. The third kappa shape index (κ3) is 4.05. The van der Waals surface area contributed by atoms with E-state index in [1.54, 1.807) is 5.51 Å². The highest BCUT2D eigenvalue weighted by Gasteiger charge is 2.16. The molecule has 1 aromatic heterocycles. The van der Waals surface area contributed by atoms with E-state index < -0.39 is 0 Å². The lowest BCUT2D eigenvalue weighted by Gasteiger charge is -2.11. The van der Waals surface area contributed by atoms with Crippen molar-refractivity contribution in [3.63, 3.8) is 0 Å². The minimum absolute atomic E-state index is 0.0255. The van der Waals surface area contributed by atoms with Crippen LogP contribution >= 0.6 is 23.1 Å². The number of nitrogens with one attached hydrogen (secondary N) is 1. The lowest BCUT2D eigenvalue weighted by atomic mass is 10.0. The monoisotopic (exact) mass is 307 g/mol. The third-order valence-corrected chi connectivity index (χ3v) is 4.74. The van der Waals surface area contributed by atoms with Gasteiger partial charge in [-0.15, -0.1) is 10.2 Å². The fourth-order valence-electron chi connectivity index (χ4n) is 1.61. The van der Waals surface area contributed by atoms with Gasteiger partial charge >= 0.3 is 0 Å². The minimum atomic E-state index is -0.201. The second-order valence-corrected chi connectivity index (χ2v) is 7.15. The highest BCUT2D eigenvalue weighted by atomic mass is 32.2. The van der Waals surface area contributed by atoms with Gasteiger partial charge in [-0.3, -0.25) is 4.79 Å². The fourth-order valence-corrected chi connectivity index (χ4v) is 3.24. The van der Waals surface area contributed by atoms with Crippen molar-refractivity contribution in [2.45, 2.75) is 36.3 Å². The van der Waals surface area contributed by atoms with Crippen LogP contribution in [0.3, 0.4) is 0 Å². The largest absolute Gasteiger partial charge is 0.325 e. The molecule has 4 nitrogen and oxygen atoms in total. The lowest BCUT2D eigenvalue weighted by molar-refractivity contribution is -0.115. The van der Waals surface area contributed by atoms with Crippen molar-refractivity contribution in [2.75, 3.05) is 5.32 Å². The van der Waals surface area contributed by atoms with E-state index >= 15 is 0 Å². The van der Waals surface area contributed by atoms with Gasteiger partial charge in [0.15, 0.2) is 4.34 Å². The zero-order chi connectivity index (χ0) is 14.5. The molecule has 6 heteroatoms. The number of nitrogens with zero attached hydrogens (tertiary/aromatic N) is 2. The molecule has 2 aromatic rings. The number of carbonyl (C=O) groups excluding carboxylic acids is 1. The van der Waals surface area contributed by atoms with E-state index in [4.69, 9.17) is 0 Å². The number of aromatic nitrogens is 2. The van der Waals surface area contributed by atoms with Crippen molar-refractivity contribution in [3.05, 3.63) is 35.3 Å². The van der Waals surface area contributed by atoms with Gasteiger partial charge in [-0.2, -0.15) is 0 Å². The Kier molecular flexibility index (Phi) is 5.14. The van der Waals surface area contributed by atoms with Crippen LogP contribution in [0.1, 0.15) is 32.3 Å². The second-order valence-electron chi connectivity index (χ2n) is 4.73. The van der Waals surface area contributed by atoms with Crippen LogP contribution in [0.25, 0.3) is 0 Å². The third-order valence-electron chi connectivity index (χ3n) is 2.83. The van der Waals surface area contributed by atoms with Crippen LogP contribution in [0, 0.1) is 0 Å². The van der Waals surface area contributed by atoms with Gasteiger partial charge in [-0.05, 0) is 30.5 Å². The number of carbonyl (C=O) groups is 1. The molecule has 2 rings (SSSR count). The highest BCUT2D eigenvalue weighted by molar-refractivity contribution is 8.02. The molecule has 20 heavy (non-hydrogen) atoms. The van der Waals surface area contributed by atoms with E-state index in [-0.39, 0.29) is 11.2 Å². The maximum absolute atomic E-state index is 12.1. The molecule has 0 aliphatic heterocycles. The summed E-state index contributed by atoms with van der Waals surface area (Å²) in [4.78, 5) is 12.1. The summed E-state index contributed by atoms with van der Waals surface area (Å²) in [5.41, 5.74) is 3.75. The molecule has 0 saturated carbocycles. The highest BCUT2D eigenvalue weighted by Crippen LogP contribution is 2.25. The van der Waals surface area contributed by atoms with Crippen molar-refractivity contribution >= 4 is 34.7 Å². The molecule has 1 atom stereocenters. The van der Waals surface area contributed by atoms with Gasteiger partial charge in [0.25, 0.3) is 0 Å². The molecule has 0 radical (unpaired) electrons. The molecule has 0 fully saturated rings. The summed E-state index contributed by atoms with van der Waals surface area (Å²) in [6.45, 7) is 6.16. The minimum Gasteiger partial charge on any atom is -0.325 e.